The minimum absolute atomic E-state index is 0.272. The summed E-state index contributed by atoms with van der Waals surface area (Å²) in [7, 11) is 1.55. The first-order valence-electron chi connectivity index (χ1n) is 6.04. The molecule has 0 aliphatic carbocycles. The Morgan fingerprint density at radius 3 is 2.60 bits per heavy atom. The number of aryl methyl sites for hydroxylation is 1. The van der Waals surface area contributed by atoms with Crippen LogP contribution in [0.3, 0.4) is 0 Å². The number of hydrogen-bond donors (Lipinski definition) is 2. The zero-order valence-electron chi connectivity index (χ0n) is 11.3. The molecule has 2 N–H and O–H groups in total. The van der Waals surface area contributed by atoms with Gasteiger partial charge in [0.25, 0.3) is 0 Å². The topological polar surface area (TPSA) is 84.3 Å². The smallest absolute Gasteiger partial charge is 0.335 e. The highest BCUT2D eigenvalue weighted by atomic mass is 16.5. The van der Waals surface area contributed by atoms with Crippen LogP contribution in [0.1, 0.15) is 21.7 Å². The van der Waals surface area contributed by atoms with Crippen LogP contribution in [0.2, 0.25) is 0 Å². The Morgan fingerprint density at radius 2 is 2.00 bits per heavy atom. The lowest BCUT2D eigenvalue weighted by atomic mass is 10.1. The largest absolute Gasteiger partial charge is 0.481 e. The molecule has 20 heavy (non-hydrogen) atoms. The Balaban J connectivity index is 2.04. The lowest BCUT2D eigenvalue weighted by molar-refractivity contribution is 0.0697. The fourth-order valence-electron chi connectivity index (χ4n) is 1.69. The molecule has 0 saturated carbocycles. The van der Waals surface area contributed by atoms with Crippen molar-refractivity contribution in [2.75, 3.05) is 12.4 Å². The zero-order chi connectivity index (χ0) is 14.5. The number of methoxy groups -OCH3 is 1. The molecule has 1 aromatic carbocycles. The molecule has 0 aliphatic rings. The molecule has 0 spiro atoms. The number of aromatic carboxylic acids is 1. The van der Waals surface area contributed by atoms with Gasteiger partial charge in [-0.05, 0) is 24.6 Å². The number of rotatable bonds is 5. The van der Waals surface area contributed by atoms with Gasteiger partial charge in [0, 0.05) is 12.6 Å². The molecular formula is C14H15N3O3. The molecule has 0 amide bonds. The van der Waals surface area contributed by atoms with E-state index in [1.165, 1.54) is 0 Å². The van der Waals surface area contributed by atoms with Crippen LogP contribution in [0, 0.1) is 6.92 Å². The van der Waals surface area contributed by atoms with Gasteiger partial charge in [0.2, 0.25) is 5.88 Å². The fourth-order valence-corrected chi connectivity index (χ4v) is 1.69. The van der Waals surface area contributed by atoms with E-state index in [0.717, 1.165) is 5.56 Å². The highest BCUT2D eigenvalue weighted by molar-refractivity contribution is 5.87. The quantitative estimate of drug-likeness (QED) is 0.868. The first-order chi connectivity index (χ1) is 9.58. The highest BCUT2D eigenvalue weighted by Gasteiger charge is 2.04. The molecule has 6 nitrogen and oxygen atoms in total. The van der Waals surface area contributed by atoms with Gasteiger partial charge in [0.15, 0.2) is 0 Å². The van der Waals surface area contributed by atoms with Gasteiger partial charge in [-0.25, -0.2) is 9.78 Å². The van der Waals surface area contributed by atoms with Gasteiger partial charge in [-0.3, -0.25) is 0 Å². The number of carboxylic acids is 1. The number of hydrogen-bond acceptors (Lipinski definition) is 5. The van der Waals surface area contributed by atoms with Crippen molar-refractivity contribution in [3.05, 3.63) is 47.3 Å². The summed E-state index contributed by atoms with van der Waals surface area (Å²) in [4.78, 5) is 19.1. The summed E-state index contributed by atoms with van der Waals surface area (Å²) in [6.07, 6.45) is 0. The maximum absolute atomic E-state index is 10.8. The number of anilines is 1. The average Bonchev–Trinajstić information content (AvgIpc) is 2.45. The molecule has 0 bridgehead atoms. The van der Waals surface area contributed by atoms with Gasteiger partial charge in [0.1, 0.15) is 11.6 Å². The third kappa shape index (κ3) is 3.44. The first kappa shape index (κ1) is 13.8. The third-order valence-corrected chi connectivity index (χ3v) is 2.70. The van der Waals surface area contributed by atoms with Crippen molar-refractivity contribution < 1.29 is 14.6 Å². The van der Waals surface area contributed by atoms with Crippen molar-refractivity contribution >= 4 is 11.8 Å². The van der Waals surface area contributed by atoms with Gasteiger partial charge in [-0.15, -0.1) is 0 Å². The predicted octanol–water partition coefficient (Wildman–Crippen LogP) is 2.10. The van der Waals surface area contributed by atoms with E-state index in [0.29, 0.717) is 24.1 Å². The van der Waals surface area contributed by atoms with Gasteiger partial charge in [0.05, 0.1) is 12.7 Å². The van der Waals surface area contributed by atoms with Crippen LogP contribution < -0.4 is 10.1 Å². The van der Waals surface area contributed by atoms with Crippen LogP contribution >= 0.6 is 0 Å². The van der Waals surface area contributed by atoms with E-state index in [9.17, 15) is 4.79 Å². The van der Waals surface area contributed by atoms with Crippen LogP contribution in [0.5, 0.6) is 5.88 Å². The second-order valence-corrected chi connectivity index (χ2v) is 4.20. The molecule has 6 heteroatoms. The van der Waals surface area contributed by atoms with Crippen molar-refractivity contribution in [3.8, 4) is 5.88 Å². The number of ether oxygens (including phenoxy) is 1. The molecule has 0 atom stereocenters. The van der Waals surface area contributed by atoms with Crippen molar-refractivity contribution in [1.29, 1.82) is 0 Å². The molecule has 0 fully saturated rings. The van der Waals surface area contributed by atoms with E-state index >= 15 is 0 Å². The monoisotopic (exact) mass is 273 g/mol. The minimum Gasteiger partial charge on any atom is -0.481 e. The molecule has 0 saturated heterocycles. The van der Waals surface area contributed by atoms with E-state index in [4.69, 9.17) is 9.84 Å². The molecule has 1 aromatic heterocycles. The van der Waals surface area contributed by atoms with Crippen molar-refractivity contribution in [2.24, 2.45) is 0 Å². The van der Waals surface area contributed by atoms with Gasteiger partial charge in [-0.2, -0.15) is 4.98 Å². The van der Waals surface area contributed by atoms with Crippen LogP contribution in [-0.4, -0.2) is 28.2 Å². The molecule has 104 valence electrons. The van der Waals surface area contributed by atoms with E-state index in [1.807, 2.05) is 0 Å². The summed E-state index contributed by atoms with van der Waals surface area (Å²) < 4.78 is 5.07. The van der Waals surface area contributed by atoms with E-state index in [1.54, 1.807) is 44.4 Å². The van der Waals surface area contributed by atoms with Crippen molar-refractivity contribution in [2.45, 2.75) is 13.5 Å². The summed E-state index contributed by atoms with van der Waals surface area (Å²) >= 11 is 0. The first-order valence-corrected chi connectivity index (χ1v) is 6.04. The summed E-state index contributed by atoms with van der Waals surface area (Å²) in [5.41, 5.74) is 1.23. The number of carbonyl (C=O) groups is 1. The van der Waals surface area contributed by atoms with Gasteiger partial charge < -0.3 is 15.2 Å². The Labute approximate surface area is 116 Å². The fraction of sp³-hybridized carbons (Fsp3) is 0.214. The predicted molar refractivity (Wildman–Crippen MR) is 74.0 cm³/mol. The number of nitrogens with one attached hydrogen (secondary N) is 1. The summed E-state index contributed by atoms with van der Waals surface area (Å²) in [6.45, 7) is 2.33. The maximum atomic E-state index is 10.8. The lowest BCUT2D eigenvalue weighted by Crippen LogP contribution is -2.04. The summed E-state index contributed by atoms with van der Waals surface area (Å²) in [5.74, 6) is 0.853. The van der Waals surface area contributed by atoms with Gasteiger partial charge in [-0.1, -0.05) is 12.1 Å². The summed E-state index contributed by atoms with van der Waals surface area (Å²) in [6, 6.07) is 8.39. The van der Waals surface area contributed by atoms with Crippen LogP contribution in [0.4, 0.5) is 5.82 Å². The highest BCUT2D eigenvalue weighted by Crippen LogP contribution is 2.14. The van der Waals surface area contributed by atoms with Crippen molar-refractivity contribution in [1.82, 2.24) is 9.97 Å². The molecular weight excluding hydrogens is 258 g/mol. The number of nitrogens with zero attached hydrogens (tertiary/aromatic N) is 2. The second-order valence-electron chi connectivity index (χ2n) is 4.20. The molecule has 1 heterocycles. The van der Waals surface area contributed by atoms with Crippen molar-refractivity contribution in [3.63, 3.8) is 0 Å². The Hall–Kier alpha value is -2.63. The Bertz CT molecular complexity index is 612. The molecule has 2 aromatic rings. The number of benzene rings is 1. The normalized spacial score (nSPS) is 10.1. The molecule has 0 unspecified atom stereocenters. The maximum Gasteiger partial charge on any atom is 0.335 e. The average molecular weight is 273 g/mol. The SMILES string of the molecule is COc1cc(NCc2ccc(C(=O)O)cc2)nc(C)n1. The Kier molecular flexibility index (Phi) is 4.14. The molecule has 0 radical (unpaired) electrons. The zero-order valence-corrected chi connectivity index (χ0v) is 11.3. The van der Waals surface area contributed by atoms with E-state index in [-0.39, 0.29) is 5.56 Å². The van der Waals surface area contributed by atoms with E-state index in [2.05, 4.69) is 15.3 Å². The van der Waals surface area contributed by atoms with Gasteiger partial charge >= 0.3 is 5.97 Å². The standard InChI is InChI=1S/C14H15N3O3/c1-9-16-12(7-13(17-9)20-2)15-8-10-3-5-11(6-4-10)14(18)19/h3-7H,8H2,1-2H3,(H,18,19)(H,15,16,17). The second kappa shape index (κ2) is 6.01. The van der Waals surface area contributed by atoms with Crippen LogP contribution in [-0.2, 0) is 6.54 Å². The molecule has 2 rings (SSSR count). The lowest BCUT2D eigenvalue weighted by Gasteiger charge is -2.08. The third-order valence-electron chi connectivity index (χ3n) is 2.70. The Morgan fingerprint density at radius 1 is 1.30 bits per heavy atom. The van der Waals surface area contributed by atoms with Crippen LogP contribution in [0.15, 0.2) is 30.3 Å². The minimum atomic E-state index is -0.930. The summed E-state index contributed by atoms with van der Waals surface area (Å²) in [5, 5.41) is 12.0. The molecule has 0 aliphatic heterocycles. The number of aromatic nitrogens is 2. The van der Waals surface area contributed by atoms with Crippen LogP contribution in [0.25, 0.3) is 0 Å². The number of carboxylic acid groups (broad SMARTS) is 1. The van der Waals surface area contributed by atoms with E-state index < -0.39 is 5.97 Å².